The molecule has 1 N–H and O–H groups in total. The van der Waals surface area contributed by atoms with E-state index < -0.39 is 18.1 Å². The number of halogens is 1. The predicted molar refractivity (Wildman–Crippen MR) is 83.4 cm³/mol. The molecule has 0 aromatic heterocycles. The van der Waals surface area contributed by atoms with E-state index in [1.54, 1.807) is 0 Å². The maximum atomic E-state index is 12.7. The lowest BCUT2D eigenvalue weighted by molar-refractivity contribution is -0.159. The van der Waals surface area contributed by atoms with E-state index >= 15 is 0 Å². The number of carboxylic acids is 1. The summed E-state index contributed by atoms with van der Waals surface area (Å²) >= 11 is 3.47. The molecular weight excluding hydrogens is 350 g/mol. The highest BCUT2D eigenvalue weighted by atomic mass is 79.9. The molecule has 3 rings (SSSR count). The lowest BCUT2D eigenvalue weighted by Crippen LogP contribution is -2.52. The Morgan fingerprint density at radius 3 is 2.82 bits per heavy atom. The number of nitrogens with zero attached hydrogens (tertiary/aromatic N) is 1. The Bertz CT molecular complexity index is 598. The third-order valence-corrected chi connectivity index (χ3v) is 5.10. The number of amides is 1. The van der Waals surface area contributed by atoms with Gasteiger partial charge in [-0.2, -0.15) is 0 Å². The standard InChI is InChI=1S/C16H18BrNO4/c17-12-5-3-4-10-9-18(13(16(20)21)8-11(10)12)15(19)14-6-1-2-7-22-14/h3-5,13-14H,1-2,6-9H2,(H,20,21). The largest absolute Gasteiger partial charge is 0.480 e. The van der Waals surface area contributed by atoms with Gasteiger partial charge >= 0.3 is 5.97 Å². The maximum Gasteiger partial charge on any atom is 0.326 e. The normalized spacial score (nSPS) is 24.7. The van der Waals surface area contributed by atoms with Crippen LogP contribution in [0.3, 0.4) is 0 Å². The zero-order chi connectivity index (χ0) is 15.7. The van der Waals surface area contributed by atoms with E-state index in [1.165, 1.54) is 4.90 Å². The quantitative estimate of drug-likeness (QED) is 0.871. The molecule has 0 saturated carbocycles. The molecule has 2 aliphatic rings. The molecule has 1 saturated heterocycles. The Balaban J connectivity index is 1.88. The van der Waals surface area contributed by atoms with E-state index in [0.717, 1.165) is 28.4 Å². The zero-order valence-electron chi connectivity index (χ0n) is 12.1. The van der Waals surface area contributed by atoms with Crippen LogP contribution in [0.1, 0.15) is 30.4 Å². The molecule has 2 unspecified atom stereocenters. The smallest absolute Gasteiger partial charge is 0.326 e. The second-order valence-corrected chi connectivity index (χ2v) is 6.61. The summed E-state index contributed by atoms with van der Waals surface area (Å²) in [6.07, 6.45) is 2.41. The predicted octanol–water partition coefficient (Wildman–Crippen LogP) is 2.36. The van der Waals surface area contributed by atoms with E-state index in [4.69, 9.17) is 4.74 Å². The van der Waals surface area contributed by atoms with Gasteiger partial charge in [-0.1, -0.05) is 28.1 Å². The van der Waals surface area contributed by atoms with Crippen LogP contribution < -0.4 is 0 Å². The van der Waals surface area contributed by atoms with Crippen LogP contribution in [0.15, 0.2) is 22.7 Å². The van der Waals surface area contributed by atoms with Crippen LogP contribution in [0.25, 0.3) is 0 Å². The van der Waals surface area contributed by atoms with Crippen molar-refractivity contribution in [3.05, 3.63) is 33.8 Å². The van der Waals surface area contributed by atoms with Crippen molar-refractivity contribution in [3.63, 3.8) is 0 Å². The minimum absolute atomic E-state index is 0.197. The van der Waals surface area contributed by atoms with Crippen LogP contribution in [0.5, 0.6) is 0 Å². The van der Waals surface area contributed by atoms with E-state index in [-0.39, 0.29) is 5.91 Å². The summed E-state index contributed by atoms with van der Waals surface area (Å²) < 4.78 is 6.44. The second kappa shape index (κ2) is 6.38. The van der Waals surface area contributed by atoms with Gasteiger partial charge in [0.05, 0.1) is 0 Å². The summed E-state index contributed by atoms with van der Waals surface area (Å²) in [7, 11) is 0. The summed E-state index contributed by atoms with van der Waals surface area (Å²) in [5, 5.41) is 9.52. The van der Waals surface area contributed by atoms with Crippen LogP contribution in [0, 0.1) is 0 Å². The maximum absolute atomic E-state index is 12.7. The molecule has 0 radical (unpaired) electrons. The van der Waals surface area contributed by atoms with Gasteiger partial charge in [-0.25, -0.2) is 4.79 Å². The monoisotopic (exact) mass is 367 g/mol. The van der Waals surface area contributed by atoms with E-state index in [1.807, 2.05) is 18.2 Å². The SMILES string of the molecule is O=C(O)C1Cc2c(Br)cccc2CN1C(=O)C1CCCCO1. The average Bonchev–Trinajstić information content (AvgIpc) is 2.54. The third-order valence-electron chi connectivity index (χ3n) is 4.35. The molecule has 1 aromatic rings. The fourth-order valence-electron chi connectivity index (χ4n) is 3.15. The van der Waals surface area contributed by atoms with Gasteiger partial charge < -0.3 is 14.7 Å². The van der Waals surface area contributed by atoms with Crippen molar-refractivity contribution in [2.45, 2.75) is 44.4 Å². The molecule has 1 aromatic carbocycles. The number of carboxylic acid groups (broad SMARTS) is 1. The van der Waals surface area contributed by atoms with Gasteiger partial charge in [-0.15, -0.1) is 0 Å². The first kappa shape index (κ1) is 15.5. The highest BCUT2D eigenvalue weighted by molar-refractivity contribution is 9.10. The summed E-state index contributed by atoms with van der Waals surface area (Å²) in [6.45, 7) is 0.897. The summed E-state index contributed by atoms with van der Waals surface area (Å²) in [4.78, 5) is 25.8. The number of hydrogen-bond acceptors (Lipinski definition) is 3. The van der Waals surface area contributed by atoms with Crippen LogP contribution in [-0.4, -0.2) is 40.6 Å². The fraction of sp³-hybridized carbons (Fsp3) is 0.500. The van der Waals surface area contributed by atoms with Crippen LogP contribution in [-0.2, 0) is 27.3 Å². The highest BCUT2D eigenvalue weighted by Crippen LogP contribution is 2.30. The molecule has 118 valence electrons. The minimum Gasteiger partial charge on any atom is -0.480 e. The number of aliphatic carboxylic acids is 1. The number of benzene rings is 1. The van der Waals surface area contributed by atoms with Gasteiger partial charge in [-0.3, -0.25) is 4.79 Å². The van der Waals surface area contributed by atoms with Crippen molar-refractivity contribution >= 4 is 27.8 Å². The van der Waals surface area contributed by atoms with Crippen molar-refractivity contribution < 1.29 is 19.4 Å². The molecule has 0 aliphatic carbocycles. The first-order valence-corrected chi connectivity index (χ1v) is 8.28. The lowest BCUT2D eigenvalue weighted by Gasteiger charge is -2.37. The van der Waals surface area contributed by atoms with Gasteiger partial charge in [0.2, 0.25) is 0 Å². The van der Waals surface area contributed by atoms with E-state index in [2.05, 4.69) is 15.9 Å². The van der Waals surface area contributed by atoms with E-state index in [0.29, 0.717) is 26.0 Å². The van der Waals surface area contributed by atoms with Crippen LogP contribution in [0.2, 0.25) is 0 Å². The molecule has 22 heavy (non-hydrogen) atoms. The van der Waals surface area contributed by atoms with E-state index in [9.17, 15) is 14.7 Å². The minimum atomic E-state index is -0.967. The Morgan fingerprint density at radius 2 is 2.14 bits per heavy atom. The van der Waals surface area contributed by atoms with Gasteiger partial charge in [0.1, 0.15) is 12.1 Å². The van der Waals surface area contributed by atoms with Crippen molar-refractivity contribution in [3.8, 4) is 0 Å². The fourth-order valence-corrected chi connectivity index (χ4v) is 3.72. The molecule has 2 atom stereocenters. The summed E-state index contributed by atoms with van der Waals surface area (Å²) in [5.41, 5.74) is 1.97. The molecule has 5 nitrogen and oxygen atoms in total. The topological polar surface area (TPSA) is 66.8 Å². The Labute approximate surface area is 137 Å². The number of ether oxygens (including phenoxy) is 1. The van der Waals surface area contributed by atoms with Gasteiger partial charge in [0.25, 0.3) is 5.91 Å². The molecule has 1 fully saturated rings. The second-order valence-electron chi connectivity index (χ2n) is 5.76. The molecule has 0 bridgehead atoms. The van der Waals surface area contributed by atoms with Gasteiger partial charge in [-0.05, 0) is 36.5 Å². The molecular formula is C16H18BrNO4. The first-order chi connectivity index (χ1) is 10.6. The van der Waals surface area contributed by atoms with Gasteiger partial charge in [0, 0.05) is 24.0 Å². The van der Waals surface area contributed by atoms with Crippen molar-refractivity contribution in [2.75, 3.05) is 6.61 Å². The number of fused-ring (bicyclic) bond motifs is 1. The molecule has 2 heterocycles. The Morgan fingerprint density at radius 1 is 1.32 bits per heavy atom. The molecule has 0 spiro atoms. The Hall–Kier alpha value is -1.40. The lowest BCUT2D eigenvalue weighted by atomic mass is 9.93. The number of carbonyl (C=O) groups is 2. The number of hydrogen-bond donors (Lipinski definition) is 1. The van der Waals surface area contributed by atoms with Crippen molar-refractivity contribution in [1.82, 2.24) is 4.90 Å². The molecule has 2 aliphatic heterocycles. The van der Waals surface area contributed by atoms with Crippen LogP contribution in [0.4, 0.5) is 0 Å². The van der Waals surface area contributed by atoms with Crippen molar-refractivity contribution in [2.24, 2.45) is 0 Å². The molecule has 6 heteroatoms. The number of rotatable bonds is 2. The summed E-state index contributed by atoms with van der Waals surface area (Å²) in [5.74, 6) is -1.16. The van der Waals surface area contributed by atoms with Crippen molar-refractivity contribution in [1.29, 1.82) is 0 Å². The average molecular weight is 368 g/mol. The highest BCUT2D eigenvalue weighted by Gasteiger charge is 2.38. The van der Waals surface area contributed by atoms with Gasteiger partial charge in [0.15, 0.2) is 0 Å². The number of carbonyl (C=O) groups excluding carboxylic acids is 1. The first-order valence-electron chi connectivity index (χ1n) is 7.49. The zero-order valence-corrected chi connectivity index (χ0v) is 13.7. The summed E-state index contributed by atoms with van der Waals surface area (Å²) in [6, 6.07) is 4.92. The Kier molecular flexibility index (Phi) is 4.49. The third kappa shape index (κ3) is 2.90. The van der Waals surface area contributed by atoms with Crippen LogP contribution >= 0.6 is 15.9 Å². The molecule has 1 amide bonds.